The summed E-state index contributed by atoms with van der Waals surface area (Å²) in [6.07, 6.45) is 38.2. The lowest BCUT2D eigenvalue weighted by molar-refractivity contribution is -0.386. The molecule has 0 spiro atoms. The summed E-state index contributed by atoms with van der Waals surface area (Å²) in [5, 5.41) is 136. The number of carboxylic acid groups (broad SMARTS) is 1. The predicted octanol–water partition coefficient (Wildman–Crippen LogP) is 11.5. The Bertz CT molecular complexity index is 2170. The topological polar surface area (TPSA) is 373 Å². The van der Waals surface area contributed by atoms with Crippen LogP contribution in [0.1, 0.15) is 335 Å². The second-order valence-electron chi connectivity index (χ2n) is 30.3. The monoisotopic (exact) mass is 1490 g/mol. The van der Waals surface area contributed by atoms with Gasteiger partial charge in [-0.15, -0.1) is 0 Å². The summed E-state index contributed by atoms with van der Waals surface area (Å²) in [7, 11) is 0. The molecule has 0 aromatic carbocycles. The minimum atomic E-state index is -3.08. The van der Waals surface area contributed by atoms with E-state index < -0.39 is 155 Å². The van der Waals surface area contributed by atoms with Crippen molar-refractivity contribution in [3.63, 3.8) is 0 Å². The van der Waals surface area contributed by atoms with Gasteiger partial charge in [0.25, 0.3) is 5.79 Å². The van der Waals surface area contributed by atoms with Crippen LogP contribution in [0.4, 0.5) is 0 Å². The van der Waals surface area contributed by atoms with Crippen LogP contribution in [0.25, 0.3) is 0 Å². The number of allylic oxidation sites excluding steroid dienone is 3. The zero-order valence-corrected chi connectivity index (χ0v) is 64.6. The van der Waals surface area contributed by atoms with Crippen LogP contribution >= 0.6 is 0 Å². The number of carbonyl (C=O) groups excluding carboxylic acids is 2. The molecule has 14 N–H and O–H groups in total. The third-order valence-corrected chi connectivity index (χ3v) is 21.1. The molecule has 3 rings (SSSR count). The van der Waals surface area contributed by atoms with Crippen molar-refractivity contribution in [1.82, 2.24) is 10.6 Å². The maximum Gasteiger partial charge on any atom is 0.364 e. The summed E-state index contributed by atoms with van der Waals surface area (Å²) in [5.74, 6) is -6.14. The molecule has 0 radical (unpaired) electrons. The number of ether oxygens (including phenoxy) is 6. The fourth-order valence-electron chi connectivity index (χ4n) is 14.5. The molecule has 23 heteroatoms. The molecular weight excluding hydrogens is 1340 g/mol. The summed E-state index contributed by atoms with van der Waals surface area (Å²) in [4.78, 5) is 38.7. The van der Waals surface area contributed by atoms with E-state index >= 15 is 0 Å². The number of hydrogen-bond donors (Lipinski definition) is 14. The van der Waals surface area contributed by atoms with Gasteiger partial charge in [-0.2, -0.15) is 0 Å². The van der Waals surface area contributed by atoms with Crippen LogP contribution in [-0.2, 0) is 42.8 Å². The smallest absolute Gasteiger partial charge is 0.364 e. The van der Waals surface area contributed by atoms with Crippen molar-refractivity contribution < 1.29 is 104 Å². The van der Waals surface area contributed by atoms with Gasteiger partial charge in [0.1, 0.15) is 67.1 Å². The van der Waals surface area contributed by atoms with Gasteiger partial charge in [-0.1, -0.05) is 295 Å². The summed E-state index contributed by atoms with van der Waals surface area (Å²) in [6, 6.07) is -2.62. The molecule has 0 aromatic heterocycles. The van der Waals surface area contributed by atoms with Crippen LogP contribution in [-0.4, -0.2) is 215 Å². The number of aliphatic carboxylic acids is 1. The lowest BCUT2D eigenvalue weighted by atomic mass is 9.88. The third-order valence-electron chi connectivity index (χ3n) is 21.1. The van der Waals surface area contributed by atoms with E-state index in [1.165, 1.54) is 244 Å². The van der Waals surface area contributed by atoms with Gasteiger partial charge in [0, 0.05) is 19.8 Å². The molecule has 0 bridgehead atoms. The number of rotatable bonds is 66. The van der Waals surface area contributed by atoms with Gasteiger partial charge in [-0.3, -0.25) is 9.59 Å². The number of hydrogen-bond acceptors (Lipinski definition) is 20. The highest BCUT2D eigenvalue weighted by Gasteiger charge is 2.60. The normalized spacial score (nSPS) is 26.5. The van der Waals surface area contributed by atoms with E-state index in [9.17, 15) is 75.7 Å². The summed E-state index contributed by atoms with van der Waals surface area (Å²) in [5.41, 5.74) is 0. The highest BCUT2D eigenvalue weighted by Crippen LogP contribution is 2.39. The van der Waals surface area contributed by atoms with Crippen LogP contribution in [0, 0.1) is 0 Å². The first kappa shape index (κ1) is 95.4. The van der Waals surface area contributed by atoms with Crippen LogP contribution < -0.4 is 10.6 Å². The fraction of sp³-hybridized carbons (Fsp3) is 0.914. The van der Waals surface area contributed by atoms with Gasteiger partial charge in [-0.05, 0) is 44.9 Å². The van der Waals surface area contributed by atoms with Gasteiger partial charge < -0.3 is 100 Å². The molecule has 18 atom stereocenters. The Morgan fingerprint density at radius 1 is 0.500 bits per heavy atom. The van der Waals surface area contributed by atoms with Gasteiger partial charge in [-0.25, -0.2) is 4.79 Å². The number of amides is 2. The summed E-state index contributed by atoms with van der Waals surface area (Å²) in [6.45, 7) is 2.18. The van der Waals surface area contributed by atoms with Crippen molar-refractivity contribution in [1.29, 1.82) is 0 Å². The molecule has 3 fully saturated rings. The first-order chi connectivity index (χ1) is 50.4. The number of aliphatic hydroxyl groups excluding tert-OH is 11. The van der Waals surface area contributed by atoms with Crippen molar-refractivity contribution >= 4 is 17.8 Å². The number of unbranched alkanes of at least 4 members (excludes halogenated alkanes) is 44. The van der Waals surface area contributed by atoms with E-state index in [4.69, 9.17) is 28.4 Å². The van der Waals surface area contributed by atoms with Crippen molar-refractivity contribution in [2.75, 3.05) is 26.4 Å². The molecule has 3 saturated heterocycles. The standard InChI is InChI=1S/C81H150N2O21/c1-4-6-8-10-12-14-16-18-20-21-22-23-24-25-26-27-28-29-30-31-32-33-34-35-36-37-38-39-41-43-45-47-49-51-53-55-68(91)83-62(63(88)54-52-50-48-46-44-42-40-19-17-15-13-11-9-7-5-2)60-99-78-73(95)72(94)75(67(59-86)101-78)102-79-74(96)77(71(93)66(58-85)100-79)104-81(80(97)98)56-64(89)69(82-61(3)87)76(103-81)70(92)65(90)57-84/h27-28,52,54,62-67,69-79,84-86,88-90,92-96H,4-26,29-51,53,55-60H2,1-3H3,(H,82,87)(H,83,91)(H,97,98)/b28-27-,54-52+. The lowest BCUT2D eigenvalue weighted by Gasteiger charge is -2.50. The van der Waals surface area contributed by atoms with Gasteiger partial charge >= 0.3 is 5.97 Å². The Hall–Kier alpha value is -2.79. The molecular formula is C81H150N2O21. The molecule has 3 aliphatic rings. The van der Waals surface area contributed by atoms with E-state index in [1.54, 1.807) is 6.08 Å². The van der Waals surface area contributed by atoms with Crippen LogP contribution in [0.2, 0.25) is 0 Å². The average Bonchev–Trinajstić information content (AvgIpc) is 0.756. The van der Waals surface area contributed by atoms with Crippen LogP contribution in [0.3, 0.4) is 0 Å². The van der Waals surface area contributed by atoms with E-state index in [2.05, 4.69) is 36.6 Å². The Morgan fingerprint density at radius 2 is 0.904 bits per heavy atom. The molecule has 610 valence electrons. The van der Waals surface area contributed by atoms with E-state index in [0.29, 0.717) is 12.8 Å². The third kappa shape index (κ3) is 39.7. The SMILES string of the molecule is CCCCCCCCCCCCCCC/C=C/C(O)C(COC1OC(CO)C(OC2OC(CO)C(O)C(OC3(C(=O)O)CC(O)C(NC(C)=O)C(C(O)C(O)CO)O3)C2O)C(O)C1O)NC(=O)CCCCCCCCCCCCCCCCCCC/C=C\CCCCCCCCCCCCCCCC. The Labute approximate surface area is 625 Å². The zero-order valence-electron chi connectivity index (χ0n) is 64.6. The first-order valence-electron chi connectivity index (χ1n) is 41.7. The second kappa shape index (κ2) is 60.0. The quantitative estimate of drug-likeness (QED) is 0.0199. The summed E-state index contributed by atoms with van der Waals surface area (Å²) >= 11 is 0. The molecule has 0 saturated carbocycles. The number of carbonyl (C=O) groups is 3. The first-order valence-corrected chi connectivity index (χ1v) is 41.7. The Morgan fingerprint density at radius 3 is 1.31 bits per heavy atom. The molecule has 0 aliphatic carbocycles. The number of aliphatic hydroxyl groups is 11. The van der Waals surface area contributed by atoms with E-state index in [-0.39, 0.29) is 12.3 Å². The van der Waals surface area contributed by atoms with Gasteiger partial charge in [0.05, 0.1) is 50.7 Å². The van der Waals surface area contributed by atoms with Gasteiger partial charge in [0.2, 0.25) is 11.8 Å². The molecule has 18 unspecified atom stereocenters. The van der Waals surface area contributed by atoms with Crippen molar-refractivity contribution in [3.8, 4) is 0 Å². The number of carboxylic acids is 1. The molecule has 3 heterocycles. The summed E-state index contributed by atoms with van der Waals surface area (Å²) < 4.78 is 34.9. The molecule has 2 amide bonds. The van der Waals surface area contributed by atoms with E-state index in [0.717, 1.165) is 51.9 Å². The van der Waals surface area contributed by atoms with Crippen LogP contribution in [0.15, 0.2) is 24.3 Å². The van der Waals surface area contributed by atoms with Crippen molar-refractivity contribution in [2.45, 2.75) is 445 Å². The number of nitrogens with one attached hydrogen (secondary N) is 2. The fourth-order valence-corrected chi connectivity index (χ4v) is 14.5. The van der Waals surface area contributed by atoms with Crippen molar-refractivity contribution in [2.24, 2.45) is 0 Å². The zero-order chi connectivity index (χ0) is 76.0. The predicted molar refractivity (Wildman–Crippen MR) is 403 cm³/mol. The lowest BCUT2D eigenvalue weighted by Crippen LogP contribution is -2.70. The largest absolute Gasteiger partial charge is 0.477 e. The van der Waals surface area contributed by atoms with Gasteiger partial charge in [0.15, 0.2) is 12.6 Å². The maximum atomic E-state index is 13.5. The molecule has 0 aromatic rings. The second-order valence-corrected chi connectivity index (χ2v) is 30.3. The molecule has 3 aliphatic heterocycles. The molecule has 104 heavy (non-hydrogen) atoms. The minimum Gasteiger partial charge on any atom is -0.477 e. The Kier molecular flexibility index (Phi) is 55.0. The Balaban J connectivity index is 1.43. The van der Waals surface area contributed by atoms with Crippen LogP contribution in [0.5, 0.6) is 0 Å². The highest BCUT2D eigenvalue weighted by molar-refractivity contribution is 5.77. The van der Waals surface area contributed by atoms with Crippen molar-refractivity contribution in [3.05, 3.63) is 24.3 Å². The highest BCUT2D eigenvalue weighted by atomic mass is 16.8. The average molecular weight is 1490 g/mol. The van der Waals surface area contributed by atoms with E-state index in [1.807, 2.05) is 6.08 Å². The maximum absolute atomic E-state index is 13.5. The molecule has 23 nitrogen and oxygen atoms in total. The minimum absolute atomic E-state index is 0.203.